The highest BCUT2D eigenvalue weighted by Gasteiger charge is 2.37. The Morgan fingerprint density at radius 2 is 2.00 bits per heavy atom. The number of likely N-dealkylation sites (tertiary alicyclic amines) is 1. The molecule has 3 rings (SSSR count). The molecule has 1 aliphatic rings. The van der Waals surface area contributed by atoms with Gasteiger partial charge in [0.25, 0.3) is 5.91 Å². The van der Waals surface area contributed by atoms with E-state index in [0.717, 1.165) is 5.69 Å². The Bertz CT molecular complexity index is 772. The van der Waals surface area contributed by atoms with Crippen LogP contribution in [0.3, 0.4) is 0 Å². The number of aromatic nitrogens is 3. The van der Waals surface area contributed by atoms with E-state index < -0.39 is 11.9 Å². The van der Waals surface area contributed by atoms with Gasteiger partial charge in [-0.1, -0.05) is 25.1 Å². The number of rotatable bonds is 4. The number of aliphatic carboxylic acids is 1. The number of amides is 1. The van der Waals surface area contributed by atoms with Gasteiger partial charge < -0.3 is 10.0 Å². The molecule has 0 saturated carbocycles. The van der Waals surface area contributed by atoms with Crippen molar-refractivity contribution < 1.29 is 14.7 Å². The minimum atomic E-state index is -0.859. The zero-order chi connectivity index (χ0) is 18.0. The Balaban J connectivity index is 1.90. The van der Waals surface area contributed by atoms with Crippen molar-refractivity contribution in [2.75, 3.05) is 6.54 Å². The molecule has 7 nitrogen and oxygen atoms in total. The molecule has 1 saturated heterocycles. The molecule has 1 aliphatic heterocycles. The number of carbonyl (C=O) groups excluding carboxylic acids is 1. The molecule has 1 N–H and O–H groups in total. The van der Waals surface area contributed by atoms with Crippen LogP contribution in [-0.4, -0.2) is 49.2 Å². The van der Waals surface area contributed by atoms with E-state index >= 15 is 0 Å². The number of benzene rings is 1. The molecule has 0 radical (unpaired) electrons. The van der Waals surface area contributed by atoms with Crippen molar-refractivity contribution in [3.63, 3.8) is 0 Å². The predicted octanol–water partition coefficient (Wildman–Crippen LogP) is 2.15. The zero-order valence-electron chi connectivity index (χ0n) is 14.4. The van der Waals surface area contributed by atoms with E-state index in [1.165, 1.54) is 0 Å². The predicted molar refractivity (Wildman–Crippen MR) is 91.6 cm³/mol. The lowest BCUT2D eigenvalue weighted by molar-refractivity contribution is -0.145. The standard InChI is InChI=1S/C18H22N4O3/c1-3-15-19-16(20-22(15)13-8-5-4-6-9-13)17(23)21-11-7-10-14(12(21)2)18(24)25/h4-6,8-9,12,14H,3,7,10-11H2,1-2H3,(H,24,25)/t12-,14-/m0/s1. The van der Waals surface area contributed by atoms with Crippen LogP contribution >= 0.6 is 0 Å². The maximum absolute atomic E-state index is 12.9. The number of carbonyl (C=O) groups is 2. The second kappa shape index (κ2) is 7.04. The van der Waals surface area contributed by atoms with Crippen LogP contribution in [0.15, 0.2) is 30.3 Å². The maximum Gasteiger partial charge on any atom is 0.308 e. The first-order chi connectivity index (χ1) is 12.0. The highest BCUT2D eigenvalue weighted by molar-refractivity contribution is 5.91. The van der Waals surface area contributed by atoms with Crippen molar-refractivity contribution in [2.24, 2.45) is 5.92 Å². The van der Waals surface area contributed by atoms with Gasteiger partial charge in [-0.2, -0.15) is 0 Å². The summed E-state index contributed by atoms with van der Waals surface area (Å²) < 4.78 is 1.68. The highest BCUT2D eigenvalue weighted by Crippen LogP contribution is 2.25. The molecule has 1 fully saturated rings. The average molecular weight is 342 g/mol. The number of hydrogen-bond acceptors (Lipinski definition) is 4. The van der Waals surface area contributed by atoms with Crippen molar-refractivity contribution in [1.82, 2.24) is 19.7 Å². The number of aryl methyl sites for hydroxylation is 1. The normalized spacial score (nSPS) is 20.5. The molecule has 0 spiro atoms. The Morgan fingerprint density at radius 3 is 2.64 bits per heavy atom. The minimum absolute atomic E-state index is 0.124. The average Bonchev–Trinajstić information content (AvgIpc) is 3.06. The molecule has 1 aromatic heterocycles. The van der Waals surface area contributed by atoms with Crippen LogP contribution in [0.4, 0.5) is 0 Å². The maximum atomic E-state index is 12.9. The first-order valence-corrected chi connectivity index (χ1v) is 8.58. The van der Waals surface area contributed by atoms with Gasteiger partial charge in [0.1, 0.15) is 5.82 Å². The van der Waals surface area contributed by atoms with Gasteiger partial charge in [0.15, 0.2) is 0 Å². The Morgan fingerprint density at radius 1 is 1.28 bits per heavy atom. The summed E-state index contributed by atoms with van der Waals surface area (Å²) in [6, 6.07) is 9.18. The lowest BCUT2D eigenvalue weighted by Gasteiger charge is -2.36. The minimum Gasteiger partial charge on any atom is -0.481 e. The van der Waals surface area contributed by atoms with E-state index in [4.69, 9.17) is 0 Å². The number of hydrogen-bond donors (Lipinski definition) is 1. The van der Waals surface area contributed by atoms with Crippen LogP contribution in [-0.2, 0) is 11.2 Å². The molecule has 0 unspecified atom stereocenters. The van der Waals surface area contributed by atoms with Crippen LogP contribution in [0.1, 0.15) is 43.1 Å². The van der Waals surface area contributed by atoms with Crippen molar-refractivity contribution in [3.05, 3.63) is 42.0 Å². The first kappa shape index (κ1) is 17.1. The molecule has 1 aromatic carbocycles. The topological polar surface area (TPSA) is 88.3 Å². The van der Waals surface area contributed by atoms with E-state index in [1.807, 2.05) is 37.3 Å². The highest BCUT2D eigenvalue weighted by atomic mass is 16.4. The van der Waals surface area contributed by atoms with Crippen LogP contribution < -0.4 is 0 Å². The van der Waals surface area contributed by atoms with E-state index in [0.29, 0.717) is 31.6 Å². The Kier molecular flexibility index (Phi) is 4.83. The number of piperidine rings is 1. The second-order valence-corrected chi connectivity index (χ2v) is 6.28. The largest absolute Gasteiger partial charge is 0.481 e. The van der Waals surface area contributed by atoms with Crippen LogP contribution in [0.2, 0.25) is 0 Å². The van der Waals surface area contributed by atoms with Crippen LogP contribution in [0, 0.1) is 5.92 Å². The molecule has 25 heavy (non-hydrogen) atoms. The van der Waals surface area contributed by atoms with Crippen molar-refractivity contribution in [3.8, 4) is 5.69 Å². The fourth-order valence-corrected chi connectivity index (χ4v) is 3.33. The smallest absolute Gasteiger partial charge is 0.308 e. The van der Waals surface area contributed by atoms with Gasteiger partial charge in [0.2, 0.25) is 5.82 Å². The van der Waals surface area contributed by atoms with Crippen molar-refractivity contribution >= 4 is 11.9 Å². The molecule has 2 heterocycles. The molecule has 0 bridgehead atoms. The Hall–Kier alpha value is -2.70. The summed E-state index contributed by atoms with van der Waals surface area (Å²) in [6.07, 6.45) is 1.90. The SMILES string of the molecule is CCc1nc(C(=O)N2CCC[C@H](C(=O)O)[C@@H]2C)nn1-c1ccccc1. The molecular weight excluding hydrogens is 320 g/mol. The summed E-state index contributed by atoms with van der Waals surface area (Å²) >= 11 is 0. The molecule has 0 aliphatic carbocycles. The van der Waals surface area contributed by atoms with Crippen molar-refractivity contribution in [1.29, 1.82) is 0 Å². The number of carboxylic acid groups (broad SMARTS) is 1. The number of para-hydroxylation sites is 1. The van der Waals surface area contributed by atoms with Gasteiger partial charge in [-0.25, -0.2) is 9.67 Å². The monoisotopic (exact) mass is 342 g/mol. The third-order valence-corrected chi connectivity index (χ3v) is 4.75. The lowest BCUT2D eigenvalue weighted by Crippen LogP contribution is -2.49. The molecule has 2 aromatic rings. The second-order valence-electron chi connectivity index (χ2n) is 6.28. The van der Waals surface area contributed by atoms with E-state index in [2.05, 4.69) is 10.1 Å². The van der Waals surface area contributed by atoms with Crippen LogP contribution in [0.5, 0.6) is 0 Å². The quantitative estimate of drug-likeness (QED) is 0.920. The van der Waals surface area contributed by atoms with Gasteiger partial charge >= 0.3 is 5.97 Å². The summed E-state index contributed by atoms with van der Waals surface area (Å²) in [4.78, 5) is 30.3. The van der Waals surface area contributed by atoms with E-state index in [1.54, 1.807) is 16.5 Å². The van der Waals surface area contributed by atoms with E-state index in [9.17, 15) is 14.7 Å². The molecule has 1 amide bonds. The van der Waals surface area contributed by atoms with Gasteiger partial charge in [-0.05, 0) is 31.9 Å². The molecule has 132 valence electrons. The summed E-state index contributed by atoms with van der Waals surface area (Å²) in [5.74, 6) is -0.878. The number of nitrogens with zero attached hydrogens (tertiary/aromatic N) is 4. The van der Waals surface area contributed by atoms with Gasteiger partial charge in [-0.15, -0.1) is 5.10 Å². The molecular formula is C18H22N4O3. The van der Waals surface area contributed by atoms with E-state index in [-0.39, 0.29) is 17.8 Å². The summed E-state index contributed by atoms with van der Waals surface area (Å²) in [6.45, 7) is 4.28. The number of carboxylic acids is 1. The third-order valence-electron chi connectivity index (χ3n) is 4.75. The fraction of sp³-hybridized carbons (Fsp3) is 0.444. The van der Waals surface area contributed by atoms with Gasteiger partial charge in [-0.3, -0.25) is 9.59 Å². The Labute approximate surface area is 146 Å². The van der Waals surface area contributed by atoms with Crippen LogP contribution in [0.25, 0.3) is 5.69 Å². The van der Waals surface area contributed by atoms with Gasteiger partial charge in [0.05, 0.1) is 11.6 Å². The third kappa shape index (κ3) is 3.26. The lowest BCUT2D eigenvalue weighted by atomic mass is 9.90. The summed E-state index contributed by atoms with van der Waals surface area (Å²) in [5.41, 5.74) is 0.848. The summed E-state index contributed by atoms with van der Waals surface area (Å²) in [5, 5.41) is 13.7. The first-order valence-electron chi connectivity index (χ1n) is 8.58. The molecule has 7 heteroatoms. The zero-order valence-corrected chi connectivity index (χ0v) is 14.4. The van der Waals surface area contributed by atoms with Gasteiger partial charge in [0, 0.05) is 19.0 Å². The molecule has 2 atom stereocenters. The summed E-state index contributed by atoms with van der Waals surface area (Å²) in [7, 11) is 0. The van der Waals surface area contributed by atoms with Crippen molar-refractivity contribution in [2.45, 2.75) is 39.2 Å². The fourth-order valence-electron chi connectivity index (χ4n) is 3.33.